The van der Waals surface area contributed by atoms with Crippen LogP contribution in [0, 0.1) is 17.2 Å². The summed E-state index contributed by atoms with van der Waals surface area (Å²) in [6.07, 6.45) is 4.59. The lowest BCUT2D eigenvalue weighted by Crippen LogP contribution is -2.35. The molecule has 2 aromatic rings. The van der Waals surface area contributed by atoms with Crippen molar-refractivity contribution in [3.63, 3.8) is 0 Å². The molecule has 2 aromatic carbocycles. The van der Waals surface area contributed by atoms with Crippen LogP contribution in [-0.4, -0.2) is 19.0 Å². The van der Waals surface area contributed by atoms with Crippen molar-refractivity contribution in [3.8, 4) is 0 Å². The van der Waals surface area contributed by atoms with Gasteiger partial charge in [0.1, 0.15) is 5.82 Å². The van der Waals surface area contributed by atoms with Gasteiger partial charge < -0.3 is 15.4 Å². The average Bonchev–Trinajstić information content (AvgIpc) is 3.28. The molecule has 2 N–H and O–H groups in total. The van der Waals surface area contributed by atoms with Crippen molar-refractivity contribution in [2.75, 3.05) is 17.7 Å². The topological polar surface area (TPSA) is 67.4 Å². The Morgan fingerprint density at radius 3 is 2.58 bits per heavy atom. The summed E-state index contributed by atoms with van der Waals surface area (Å²) in [5.74, 6) is -0.899. The summed E-state index contributed by atoms with van der Waals surface area (Å²) in [5.41, 5.74) is 3.45. The van der Waals surface area contributed by atoms with Crippen LogP contribution in [0.15, 0.2) is 36.4 Å². The van der Waals surface area contributed by atoms with Gasteiger partial charge in [-0.1, -0.05) is 32.8 Å². The van der Waals surface area contributed by atoms with Gasteiger partial charge in [0.25, 0.3) is 0 Å². The molecule has 0 spiro atoms. The molecule has 1 unspecified atom stereocenters. The van der Waals surface area contributed by atoms with Gasteiger partial charge in [-0.25, -0.2) is 9.18 Å². The number of nitrogens with one attached hydrogen (secondary N) is 2. The number of carbonyl (C=O) groups is 2. The Labute approximate surface area is 182 Å². The molecule has 5 nitrogen and oxygen atoms in total. The maximum Gasteiger partial charge on any atom is 0.337 e. The smallest absolute Gasteiger partial charge is 0.337 e. The van der Waals surface area contributed by atoms with Crippen molar-refractivity contribution in [3.05, 3.63) is 58.9 Å². The zero-order chi connectivity index (χ0) is 22.2. The molecule has 2 aliphatic rings. The van der Waals surface area contributed by atoms with E-state index in [-0.39, 0.29) is 34.9 Å². The number of methoxy groups -OCH3 is 1. The van der Waals surface area contributed by atoms with Crippen molar-refractivity contribution in [2.24, 2.45) is 11.3 Å². The first-order chi connectivity index (χ1) is 14.8. The molecule has 164 valence electrons. The number of carbonyl (C=O) groups excluding carboxylic acids is 2. The molecule has 1 saturated carbocycles. The summed E-state index contributed by atoms with van der Waals surface area (Å²) < 4.78 is 19.3. The minimum absolute atomic E-state index is 0.0248. The first kappa shape index (κ1) is 21.3. The van der Waals surface area contributed by atoms with Crippen LogP contribution in [0.1, 0.15) is 67.1 Å². The second kappa shape index (κ2) is 8.33. The standard InChI is InChI=1S/C25H29FN2O3/c1-25(2)14-18-12-17(24(30)31-3)9-11-20(18)27-22(25)16-8-10-19(26)21(13-16)28-23(29)15-6-4-5-7-15/h8-13,15,22,27H,4-7,14H2,1-3H3,(H,28,29). The number of hydrogen-bond acceptors (Lipinski definition) is 4. The fraction of sp³-hybridized carbons (Fsp3) is 0.440. The summed E-state index contributed by atoms with van der Waals surface area (Å²) in [7, 11) is 1.37. The van der Waals surface area contributed by atoms with Crippen molar-refractivity contribution in [1.29, 1.82) is 0 Å². The zero-order valence-corrected chi connectivity index (χ0v) is 18.3. The molecule has 4 rings (SSSR count). The maximum atomic E-state index is 14.5. The number of halogens is 1. The first-order valence-electron chi connectivity index (χ1n) is 10.9. The number of hydrogen-bond donors (Lipinski definition) is 2. The van der Waals surface area contributed by atoms with Crippen LogP contribution in [0.5, 0.6) is 0 Å². The lowest BCUT2D eigenvalue weighted by molar-refractivity contribution is -0.119. The van der Waals surface area contributed by atoms with Crippen molar-refractivity contribution in [1.82, 2.24) is 0 Å². The van der Waals surface area contributed by atoms with Gasteiger partial charge in [0, 0.05) is 11.6 Å². The summed E-state index contributed by atoms with van der Waals surface area (Å²) in [5, 5.41) is 6.37. The number of fused-ring (bicyclic) bond motifs is 1. The largest absolute Gasteiger partial charge is 0.465 e. The lowest BCUT2D eigenvalue weighted by Gasteiger charge is -2.41. The fourth-order valence-corrected chi connectivity index (χ4v) is 4.84. The second-order valence-corrected chi connectivity index (χ2v) is 9.32. The highest BCUT2D eigenvalue weighted by Gasteiger charge is 2.36. The van der Waals surface area contributed by atoms with Gasteiger partial charge in [-0.05, 0) is 66.1 Å². The lowest BCUT2D eigenvalue weighted by atomic mass is 9.72. The Kier molecular flexibility index (Phi) is 5.73. The third-order valence-corrected chi connectivity index (χ3v) is 6.56. The zero-order valence-electron chi connectivity index (χ0n) is 18.3. The summed E-state index contributed by atoms with van der Waals surface area (Å²) >= 11 is 0. The Bertz CT molecular complexity index is 1010. The predicted molar refractivity (Wildman–Crippen MR) is 119 cm³/mol. The third kappa shape index (κ3) is 4.29. The van der Waals surface area contributed by atoms with Gasteiger partial charge in [0.05, 0.1) is 24.4 Å². The van der Waals surface area contributed by atoms with E-state index in [1.165, 1.54) is 13.2 Å². The van der Waals surface area contributed by atoms with Crippen LogP contribution in [-0.2, 0) is 16.0 Å². The molecule has 1 fully saturated rings. The fourth-order valence-electron chi connectivity index (χ4n) is 4.84. The van der Waals surface area contributed by atoms with E-state index in [0.717, 1.165) is 48.9 Å². The van der Waals surface area contributed by atoms with Crippen LogP contribution >= 0.6 is 0 Å². The molecule has 31 heavy (non-hydrogen) atoms. The van der Waals surface area contributed by atoms with Gasteiger partial charge in [-0.15, -0.1) is 0 Å². The van der Waals surface area contributed by atoms with Crippen LogP contribution < -0.4 is 10.6 Å². The number of esters is 1. The van der Waals surface area contributed by atoms with Gasteiger partial charge in [0.2, 0.25) is 5.91 Å². The molecular formula is C25H29FN2O3. The monoisotopic (exact) mass is 424 g/mol. The molecule has 1 aliphatic carbocycles. The third-order valence-electron chi connectivity index (χ3n) is 6.56. The SMILES string of the molecule is COC(=O)c1ccc2c(c1)CC(C)(C)C(c1ccc(F)c(NC(=O)C3CCCC3)c1)N2. The Balaban J connectivity index is 1.60. The van der Waals surface area contributed by atoms with E-state index in [1.807, 2.05) is 12.1 Å². The van der Waals surface area contributed by atoms with Gasteiger partial charge in [-0.3, -0.25) is 4.79 Å². The van der Waals surface area contributed by atoms with Crippen molar-refractivity contribution in [2.45, 2.75) is 52.0 Å². The second-order valence-electron chi connectivity index (χ2n) is 9.32. The molecule has 1 amide bonds. The minimum atomic E-state index is -0.424. The van der Waals surface area contributed by atoms with E-state index >= 15 is 0 Å². The summed E-state index contributed by atoms with van der Waals surface area (Å²) in [4.78, 5) is 24.4. The molecule has 1 heterocycles. The van der Waals surface area contributed by atoms with Crippen LogP contribution in [0.4, 0.5) is 15.8 Å². The number of anilines is 2. The molecule has 0 aromatic heterocycles. The van der Waals surface area contributed by atoms with Crippen LogP contribution in [0.3, 0.4) is 0 Å². The highest BCUT2D eigenvalue weighted by molar-refractivity contribution is 5.93. The van der Waals surface area contributed by atoms with E-state index < -0.39 is 5.82 Å². The Hall–Kier alpha value is -2.89. The molecule has 0 bridgehead atoms. The molecule has 0 radical (unpaired) electrons. The molecule has 6 heteroatoms. The van der Waals surface area contributed by atoms with Crippen molar-refractivity contribution < 1.29 is 18.7 Å². The van der Waals surface area contributed by atoms with E-state index in [1.54, 1.807) is 18.2 Å². The van der Waals surface area contributed by atoms with E-state index in [4.69, 9.17) is 4.74 Å². The normalized spacial score (nSPS) is 19.9. The number of rotatable bonds is 4. The first-order valence-corrected chi connectivity index (χ1v) is 10.9. The number of amides is 1. The molecule has 1 aliphatic heterocycles. The maximum absolute atomic E-state index is 14.5. The quantitative estimate of drug-likeness (QED) is 0.638. The Morgan fingerprint density at radius 2 is 1.87 bits per heavy atom. The Morgan fingerprint density at radius 1 is 1.13 bits per heavy atom. The summed E-state index contributed by atoms with van der Waals surface area (Å²) in [6.45, 7) is 4.27. The highest BCUT2D eigenvalue weighted by atomic mass is 19.1. The molecule has 0 saturated heterocycles. The number of ether oxygens (including phenoxy) is 1. The number of benzene rings is 2. The van der Waals surface area contributed by atoms with E-state index in [0.29, 0.717) is 5.56 Å². The predicted octanol–water partition coefficient (Wildman–Crippen LogP) is 5.48. The average molecular weight is 425 g/mol. The minimum Gasteiger partial charge on any atom is -0.465 e. The van der Waals surface area contributed by atoms with Crippen molar-refractivity contribution >= 4 is 23.3 Å². The van der Waals surface area contributed by atoms with Gasteiger partial charge >= 0.3 is 5.97 Å². The highest BCUT2D eigenvalue weighted by Crippen LogP contribution is 2.45. The van der Waals surface area contributed by atoms with Crippen LogP contribution in [0.2, 0.25) is 0 Å². The van der Waals surface area contributed by atoms with E-state index in [9.17, 15) is 14.0 Å². The van der Waals surface area contributed by atoms with E-state index in [2.05, 4.69) is 24.5 Å². The molecule has 1 atom stereocenters. The van der Waals surface area contributed by atoms with Gasteiger partial charge in [-0.2, -0.15) is 0 Å². The molecular weight excluding hydrogens is 395 g/mol. The van der Waals surface area contributed by atoms with Gasteiger partial charge in [0.15, 0.2) is 0 Å². The van der Waals surface area contributed by atoms with Crippen LogP contribution in [0.25, 0.3) is 0 Å². The summed E-state index contributed by atoms with van der Waals surface area (Å²) in [6, 6.07) is 10.4.